The van der Waals surface area contributed by atoms with Gasteiger partial charge in [-0.05, 0) is 11.6 Å². The van der Waals surface area contributed by atoms with Gasteiger partial charge in [0.15, 0.2) is 0 Å². The van der Waals surface area contributed by atoms with Gasteiger partial charge < -0.3 is 13.9 Å². The van der Waals surface area contributed by atoms with E-state index in [1.165, 1.54) is 26.0 Å². The molecule has 25 heavy (non-hydrogen) atoms. The third-order valence-electron chi connectivity index (χ3n) is 3.39. The van der Waals surface area contributed by atoms with Crippen molar-refractivity contribution in [1.29, 1.82) is 0 Å². The molecule has 0 spiro atoms. The predicted octanol–water partition coefficient (Wildman–Crippen LogP) is 3.31. The van der Waals surface area contributed by atoms with Crippen LogP contribution in [-0.4, -0.2) is 11.9 Å². The van der Waals surface area contributed by atoms with E-state index in [1.807, 2.05) is 6.07 Å². The number of esters is 2. The molecule has 1 heterocycles. The molecule has 0 radical (unpaired) electrons. The third-order valence-corrected chi connectivity index (χ3v) is 3.39. The summed E-state index contributed by atoms with van der Waals surface area (Å²) in [5.41, 5.74) is 0.616. The molecule has 0 aliphatic heterocycles. The van der Waals surface area contributed by atoms with Crippen molar-refractivity contribution in [3.63, 3.8) is 0 Å². The number of ether oxygens (including phenoxy) is 2. The second-order valence-corrected chi connectivity index (χ2v) is 5.33. The van der Waals surface area contributed by atoms with Crippen molar-refractivity contribution in [3.05, 3.63) is 59.0 Å². The van der Waals surface area contributed by atoms with Gasteiger partial charge in [0.05, 0.1) is 10.9 Å². The highest BCUT2D eigenvalue weighted by Gasteiger charge is 2.15. The van der Waals surface area contributed by atoms with Gasteiger partial charge in [0, 0.05) is 26.0 Å². The number of carbonyl (C=O) groups excluding carboxylic acids is 2. The van der Waals surface area contributed by atoms with E-state index >= 15 is 0 Å². The molecule has 0 unspecified atom stereocenters. The Balaban J connectivity index is 2.25. The van der Waals surface area contributed by atoms with Crippen LogP contribution in [0.15, 0.2) is 57.7 Å². The van der Waals surface area contributed by atoms with Crippen LogP contribution in [0.2, 0.25) is 0 Å². The minimum Gasteiger partial charge on any atom is -0.426 e. The summed E-state index contributed by atoms with van der Waals surface area (Å²) in [6, 6.07) is 13.4. The van der Waals surface area contributed by atoms with Crippen molar-refractivity contribution in [1.82, 2.24) is 0 Å². The lowest BCUT2D eigenvalue weighted by atomic mass is 10.1. The van der Waals surface area contributed by atoms with Gasteiger partial charge in [-0.25, -0.2) is 4.79 Å². The van der Waals surface area contributed by atoms with Crippen LogP contribution in [0.1, 0.15) is 13.8 Å². The zero-order valence-corrected chi connectivity index (χ0v) is 13.6. The van der Waals surface area contributed by atoms with Crippen LogP contribution in [0.4, 0.5) is 0 Å². The number of carbonyl (C=O) groups is 2. The largest absolute Gasteiger partial charge is 0.426 e. The van der Waals surface area contributed by atoms with Gasteiger partial charge in [0.1, 0.15) is 17.1 Å². The molecule has 0 aliphatic rings. The Kier molecular flexibility index (Phi) is 4.35. The minimum absolute atomic E-state index is 0.117. The molecule has 0 aliphatic carbocycles. The Morgan fingerprint density at radius 1 is 0.920 bits per heavy atom. The molecule has 126 valence electrons. The van der Waals surface area contributed by atoms with E-state index in [-0.39, 0.29) is 17.1 Å². The van der Waals surface area contributed by atoms with Crippen LogP contribution in [0.3, 0.4) is 0 Å². The number of benzene rings is 2. The minimum atomic E-state index is -0.549. The topological polar surface area (TPSA) is 82.8 Å². The standard InChI is InChI=1S/C19H14O6/c1-11(20)23-14-8-17(24-12(2)21)16-10-15(13-6-4-3-5-7-13)19(22)25-18(16)9-14/h3-10H,1-2H3. The number of fused-ring (bicyclic) bond motifs is 1. The maximum atomic E-state index is 12.3. The predicted molar refractivity (Wildman–Crippen MR) is 90.5 cm³/mol. The molecule has 0 amide bonds. The fourth-order valence-corrected chi connectivity index (χ4v) is 2.44. The Morgan fingerprint density at radius 2 is 1.60 bits per heavy atom. The van der Waals surface area contributed by atoms with Crippen LogP contribution in [0, 0.1) is 0 Å². The quantitative estimate of drug-likeness (QED) is 0.414. The molecule has 0 fully saturated rings. The first-order chi connectivity index (χ1) is 11.9. The summed E-state index contributed by atoms with van der Waals surface area (Å²) in [4.78, 5) is 34.9. The lowest BCUT2D eigenvalue weighted by Crippen LogP contribution is -2.07. The molecule has 0 saturated carbocycles. The zero-order valence-electron chi connectivity index (χ0n) is 13.6. The maximum absolute atomic E-state index is 12.3. The fourth-order valence-electron chi connectivity index (χ4n) is 2.44. The van der Waals surface area contributed by atoms with E-state index in [9.17, 15) is 14.4 Å². The fraction of sp³-hybridized carbons (Fsp3) is 0.105. The molecule has 3 rings (SSSR count). The van der Waals surface area contributed by atoms with Gasteiger partial charge in [0.25, 0.3) is 0 Å². The summed E-state index contributed by atoms with van der Waals surface area (Å²) in [7, 11) is 0. The summed E-state index contributed by atoms with van der Waals surface area (Å²) in [5.74, 6) is -0.834. The first kappa shape index (κ1) is 16.4. The Labute approximate surface area is 142 Å². The number of rotatable bonds is 3. The van der Waals surface area contributed by atoms with E-state index < -0.39 is 17.6 Å². The highest BCUT2D eigenvalue weighted by atomic mass is 16.5. The lowest BCUT2D eigenvalue weighted by molar-refractivity contribution is -0.132. The van der Waals surface area contributed by atoms with Crippen LogP contribution in [0.5, 0.6) is 11.5 Å². The van der Waals surface area contributed by atoms with Crippen molar-refractivity contribution < 1.29 is 23.5 Å². The third kappa shape index (κ3) is 3.58. The molecule has 0 atom stereocenters. The molecule has 0 N–H and O–H groups in total. The summed E-state index contributed by atoms with van der Waals surface area (Å²) in [6.45, 7) is 2.49. The first-order valence-corrected chi connectivity index (χ1v) is 7.48. The summed E-state index contributed by atoms with van der Waals surface area (Å²) in [5, 5.41) is 0.421. The highest BCUT2D eigenvalue weighted by molar-refractivity contribution is 5.91. The van der Waals surface area contributed by atoms with Crippen molar-refractivity contribution in [2.75, 3.05) is 0 Å². The Morgan fingerprint density at radius 3 is 2.24 bits per heavy atom. The molecule has 3 aromatic rings. The van der Waals surface area contributed by atoms with Gasteiger partial charge in [-0.3, -0.25) is 9.59 Å². The second-order valence-electron chi connectivity index (χ2n) is 5.33. The van der Waals surface area contributed by atoms with Gasteiger partial charge in [-0.1, -0.05) is 30.3 Å². The first-order valence-electron chi connectivity index (χ1n) is 7.48. The number of hydrogen-bond donors (Lipinski definition) is 0. The van der Waals surface area contributed by atoms with E-state index in [4.69, 9.17) is 13.9 Å². The van der Waals surface area contributed by atoms with Crippen molar-refractivity contribution in [3.8, 4) is 22.6 Å². The molecular weight excluding hydrogens is 324 g/mol. The molecule has 1 aromatic heterocycles. The smallest absolute Gasteiger partial charge is 0.344 e. The van der Waals surface area contributed by atoms with Crippen LogP contribution in [0.25, 0.3) is 22.1 Å². The van der Waals surface area contributed by atoms with Crippen molar-refractivity contribution in [2.45, 2.75) is 13.8 Å². The van der Waals surface area contributed by atoms with E-state index in [0.717, 1.165) is 0 Å². The van der Waals surface area contributed by atoms with E-state index in [2.05, 4.69) is 0 Å². The van der Waals surface area contributed by atoms with Gasteiger partial charge in [-0.15, -0.1) is 0 Å². The maximum Gasteiger partial charge on any atom is 0.344 e. The summed E-state index contributed by atoms with van der Waals surface area (Å²) >= 11 is 0. The second kappa shape index (κ2) is 6.60. The lowest BCUT2D eigenvalue weighted by Gasteiger charge is -2.10. The van der Waals surface area contributed by atoms with Gasteiger partial charge in [-0.2, -0.15) is 0 Å². The average Bonchev–Trinajstić information content (AvgIpc) is 2.54. The molecule has 6 nitrogen and oxygen atoms in total. The molecule has 2 aromatic carbocycles. The number of hydrogen-bond acceptors (Lipinski definition) is 6. The van der Waals surface area contributed by atoms with E-state index in [1.54, 1.807) is 30.3 Å². The van der Waals surface area contributed by atoms with Gasteiger partial charge in [0.2, 0.25) is 0 Å². The summed E-state index contributed by atoms with van der Waals surface area (Å²) < 4.78 is 15.5. The Bertz CT molecular complexity index is 1020. The van der Waals surface area contributed by atoms with Crippen molar-refractivity contribution >= 4 is 22.9 Å². The van der Waals surface area contributed by atoms with Gasteiger partial charge >= 0.3 is 17.6 Å². The molecular formula is C19H14O6. The normalized spacial score (nSPS) is 10.5. The summed E-state index contributed by atoms with van der Waals surface area (Å²) in [6.07, 6.45) is 0. The van der Waals surface area contributed by atoms with E-state index in [0.29, 0.717) is 16.5 Å². The Hall–Kier alpha value is -3.41. The monoisotopic (exact) mass is 338 g/mol. The van der Waals surface area contributed by atoms with Crippen LogP contribution in [-0.2, 0) is 9.59 Å². The average molecular weight is 338 g/mol. The molecule has 6 heteroatoms. The van der Waals surface area contributed by atoms with Crippen LogP contribution < -0.4 is 15.1 Å². The van der Waals surface area contributed by atoms with Crippen LogP contribution >= 0.6 is 0 Å². The molecule has 0 saturated heterocycles. The highest BCUT2D eigenvalue weighted by Crippen LogP contribution is 2.33. The zero-order chi connectivity index (χ0) is 18.0. The molecule has 0 bridgehead atoms. The van der Waals surface area contributed by atoms with Crippen molar-refractivity contribution in [2.24, 2.45) is 0 Å². The SMILES string of the molecule is CC(=O)Oc1cc(OC(C)=O)c2cc(-c3ccccc3)c(=O)oc2c1.